The van der Waals surface area contributed by atoms with E-state index in [2.05, 4.69) is 15.0 Å². The van der Waals surface area contributed by atoms with Gasteiger partial charge in [-0.15, -0.1) is 0 Å². The number of carbonyl (C=O) groups is 1. The van der Waals surface area contributed by atoms with Crippen LogP contribution in [0, 0.1) is 0 Å². The molecule has 6 nitrogen and oxygen atoms in total. The van der Waals surface area contributed by atoms with Crippen molar-refractivity contribution in [2.24, 2.45) is 0 Å². The van der Waals surface area contributed by atoms with E-state index in [4.69, 9.17) is 16.3 Å². The number of rotatable bonds is 3. The quantitative estimate of drug-likeness (QED) is 0.840. The van der Waals surface area contributed by atoms with Gasteiger partial charge in [0.1, 0.15) is 12.4 Å². The zero-order valence-corrected chi connectivity index (χ0v) is 10.7. The first-order valence-corrected chi connectivity index (χ1v) is 6.44. The Morgan fingerprint density at radius 2 is 2.17 bits per heavy atom. The highest BCUT2D eigenvalue weighted by Crippen LogP contribution is 2.39. The van der Waals surface area contributed by atoms with Gasteiger partial charge < -0.3 is 4.74 Å². The summed E-state index contributed by atoms with van der Waals surface area (Å²) in [7, 11) is 0. The first-order valence-electron chi connectivity index (χ1n) is 6.06. The Kier molecular flexibility index (Phi) is 2.81. The van der Waals surface area contributed by atoms with Gasteiger partial charge in [-0.1, -0.05) is 6.92 Å². The van der Waals surface area contributed by atoms with E-state index < -0.39 is 6.09 Å². The standard InChI is InChI=1S/C11H13ClN4O2/c1-2-7-5-18-11(17)16(7)10-14-8(6-3-4-6)13-9(12)15-10/h6-7H,2-5H2,1H3/t7-/m0/s1. The Morgan fingerprint density at radius 1 is 1.39 bits per heavy atom. The number of cyclic esters (lactones) is 1. The molecule has 1 aliphatic heterocycles. The van der Waals surface area contributed by atoms with E-state index >= 15 is 0 Å². The van der Waals surface area contributed by atoms with Crippen molar-refractivity contribution in [3.05, 3.63) is 11.1 Å². The molecule has 96 valence electrons. The highest BCUT2D eigenvalue weighted by Gasteiger charge is 2.36. The lowest BCUT2D eigenvalue weighted by molar-refractivity contribution is 0.178. The average Bonchev–Trinajstić information content (AvgIpc) is 3.12. The number of nitrogens with zero attached hydrogens (tertiary/aromatic N) is 4. The molecule has 1 aromatic heterocycles. The Labute approximate surface area is 109 Å². The molecular formula is C11H13ClN4O2. The number of carbonyl (C=O) groups excluding carboxylic acids is 1. The lowest BCUT2D eigenvalue weighted by Crippen LogP contribution is -2.34. The number of hydrogen-bond acceptors (Lipinski definition) is 5. The Balaban J connectivity index is 1.97. The molecule has 0 bridgehead atoms. The van der Waals surface area contributed by atoms with E-state index in [1.54, 1.807) is 0 Å². The van der Waals surface area contributed by atoms with Gasteiger partial charge in [0, 0.05) is 5.92 Å². The number of aromatic nitrogens is 3. The summed E-state index contributed by atoms with van der Waals surface area (Å²) >= 11 is 5.90. The summed E-state index contributed by atoms with van der Waals surface area (Å²) in [6.45, 7) is 2.36. The van der Waals surface area contributed by atoms with Gasteiger partial charge >= 0.3 is 6.09 Å². The second-order valence-corrected chi connectivity index (χ2v) is 4.88. The molecule has 0 unspecified atom stereocenters. The molecule has 1 aliphatic carbocycles. The third kappa shape index (κ3) is 2.01. The topological polar surface area (TPSA) is 68.2 Å². The summed E-state index contributed by atoms with van der Waals surface area (Å²) in [4.78, 5) is 25.7. The largest absolute Gasteiger partial charge is 0.447 e. The van der Waals surface area contributed by atoms with E-state index in [1.165, 1.54) is 4.90 Å². The molecule has 2 heterocycles. The third-order valence-corrected chi connectivity index (χ3v) is 3.37. The molecule has 1 amide bonds. The monoisotopic (exact) mass is 268 g/mol. The zero-order valence-electron chi connectivity index (χ0n) is 9.97. The van der Waals surface area contributed by atoms with Crippen LogP contribution in [-0.4, -0.2) is 33.7 Å². The molecule has 18 heavy (non-hydrogen) atoms. The van der Waals surface area contributed by atoms with Gasteiger partial charge in [-0.25, -0.2) is 14.7 Å². The molecule has 1 aromatic rings. The van der Waals surface area contributed by atoms with E-state index in [1.807, 2.05) is 6.92 Å². The molecule has 2 fully saturated rings. The minimum absolute atomic E-state index is 0.0250. The van der Waals surface area contributed by atoms with Crippen LogP contribution < -0.4 is 4.90 Å². The first-order chi connectivity index (χ1) is 8.69. The van der Waals surface area contributed by atoms with Crippen LogP contribution in [0.5, 0.6) is 0 Å². The fourth-order valence-electron chi connectivity index (χ4n) is 1.99. The maximum Gasteiger partial charge on any atom is 0.417 e. The minimum atomic E-state index is -0.411. The molecule has 0 radical (unpaired) electrons. The highest BCUT2D eigenvalue weighted by molar-refractivity contribution is 6.28. The molecule has 7 heteroatoms. The second kappa shape index (κ2) is 4.35. The maximum absolute atomic E-state index is 11.7. The van der Waals surface area contributed by atoms with Crippen molar-refractivity contribution >= 4 is 23.6 Å². The van der Waals surface area contributed by atoms with Crippen LogP contribution in [-0.2, 0) is 4.74 Å². The predicted molar refractivity (Wildman–Crippen MR) is 64.7 cm³/mol. The highest BCUT2D eigenvalue weighted by atomic mass is 35.5. The van der Waals surface area contributed by atoms with Crippen molar-refractivity contribution in [1.82, 2.24) is 15.0 Å². The fourth-order valence-corrected chi connectivity index (χ4v) is 2.15. The summed E-state index contributed by atoms with van der Waals surface area (Å²) in [5, 5.41) is 0.136. The molecule has 1 saturated carbocycles. The summed E-state index contributed by atoms with van der Waals surface area (Å²) in [6.07, 6.45) is 2.52. The van der Waals surface area contributed by atoms with Gasteiger partial charge in [-0.3, -0.25) is 0 Å². The molecule has 3 rings (SSSR count). The van der Waals surface area contributed by atoms with Crippen LogP contribution in [0.3, 0.4) is 0 Å². The van der Waals surface area contributed by atoms with Crippen LogP contribution in [0.15, 0.2) is 0 Å². The number of halogens is 1. The van der Waals surface area contributed by atoms with Gasteiger partial charge in [0.25, 0.3) is 0 Å². The molecule has 2 aliphatic rings. The van der Waals surface area contributed by atoms with E-state index in [0.717, 1.165) is 19.3 Å². The smallest absolute Gasteiger partial charge is 0.417 e. The lowest BCUT2D eigenvalue weighted by Gasteiger charge is -2.18. The van der Waals surface area contributed by atoms with Gasteiger partial charge in [0.15, 0.2) is 0 Å². The van der Waals surface area contributed by atoms with E-state index in [-0.39, 0.29) is 11.3 Å². The summed E-state index contributed by atoms with van der Waals surface area (Å²) in [5.41, 5.74) is 0. The van der Waals surface area contributed by atoms with E-state index in [9.17, 15) is 4.79 Å². The number of amides is 1. The van der Waals surface area contributed by atoms with Crippen LogP contribution in [0.25, 0.3) is 0 Å². The molecule has 1 atom stereocenters. The molecule has 1 saturated heterocycles. The van der Waals surface area contributed by atoms with Gasteiger partial charge in [-0.2, -0.15) is 9.97 Å². The average molecular weight is 269 g/mol. The predicted octanol–water partition coefficient (Wildman–Crippen LogP) is 2.14. The van der Waals surface area contributed by atoms with Crippen molar-refractivity contribution in [2.45, 2.75) is 38.1 Å². The molecule has 0 aromatic carbocycles. The summed E-state index contributed by atoms with van der Waals surface area (Å²) in [5.74, 6) is 1.36. The van der Waals surface area contributed by atoms with Crippen molar-refractivity contribution in [3.8, 4) is 0 Å². The van der Waals surface area contributed by atoms with Crippen LogP contribution >= 0.6 is 11.6 Å². The SMILES string of the molecule is CC[C@H]1COC(=O)N1c1nc(Cl)nc(C2CC2)n1. The molecule has 0 spiro atoms. The normalized spacial score (nSPS) is 23.3. The summed E-state index contributed by atoms with van der Waals surface area (Å²) in [6, 6.07) is -0.0250. The molecular weight excluding hydrogens is 256 g/mol. The maximum atomic E-state index is 11.7. The van der Waals surface area contributed by atoms with Crippen molar-refractivity contribution in [3.63, 3.8) is 0 Å². The van der Waals surface area contributed by atoms with Crippen LogP contribution in [0.2, 0.25) is 5.28 Å². The second-order valence-electron chi connectivity index (χ2n) is 4.55. The van der Waals surface area contributed by atoms with Gasteiger partial charge in [-0.05, 0) is 30.9 Å². The van der Waals surface area contributed by atoms with Gasteiger partial charge in [0.2, 0.25) is 11.2 Å². The number of ether oxygens (including phenoxy) is 1. The van der Waals surface area contributed by atoms with Crippen LogP contribution in [0.1, 0.15) is 37.9 Å². The fraction of sp³-hybridized carbons (Fsp3) is 0.636. The van der Waals surface area contributed by atoms with Crippen molar-refractivity contribution < 1.29 is 9.53 Å². The third-order valence-electron chi connectivity index (χ3n) is 3.20. The van der Waals surface area contributed by atoms with E-state index in [0.29, 0.717) is 24.3 Å². The summed E-state index contributed by atoms with van der Waals surface area (Å²) < 4.78 is 5.02. The number of hydrogen-bond donors (Lipinski definition) is 0. The Bertz CT molecular complexity index is 492. The van der Waals surface area contributed by atoms with Crippen molar-refractivity contribution in [1.29, 1.82) is 0 Å². The first kappa shape index (κ1) is 11.6. The van der Waals surface area contributed by atoms with Gasteiger partial charge in [0.05, 0.1) is 6.04 Å². The van der Waals surface area contributed by atoms with Crippen LogP contribution in [0.4, 0.5) is 10.7 Å². The number of anilines is 1. The Morgan fingerprint density at radius 3 is 2.83 bits per heavy atom. The Hall–Kier alpha value is -1.43. The lowest BCUT2D eigenvalue weighted by atomic mass is 10.2. The minimum Gasteiger partial charge on any atom is -0.447 e. The zero-order chi connectivity index (χ0) is 12.7. The molecule has 0 N–H and O–H groups in total. The van der Waals surface area contributed by atoms with Crippen molar-refractivity contribution in [2.75, 3.05) is 11.5 Å².